The summed E-state index contributed by atoms with van der Waals surface area (Å²) in [6, 6.07) is 20.7. The molecule has 4 N–H and O–H groups in total. The smallest absolute Gasteiger partial charge is 0.333 e. The summed E-state index contributed by atoms with van der Waals surface area (Å²) in [6.07, 6.45) is 0. The SMILES string of the molecule is COc1cccc(-c2cc(-c3cc(NC(=O)NN)ccc3N(CCCl)CCCl)c3cc(OC)ccc3n2)c1. The van der Waals surface area contributed by atoms with Crippen molar-refractivity contribution in [3.63, 3.8) is 0 Å². The molecule has 0 atom stereocenters. The maximum Gasteiger partial charge on any atom is 0.333 e. The van der Waals surface area contributed by atoms with Crippen LogP contribution in [-0.4, -0.2) is 50.1 Å². The molecule has 1 heterocycles. The van der Waals surface area contributed by atoms with Gasteiger partial charge in [0.1, 0.15) is 11.5 Å². The number of hydrogen-bond acceptors (Lipinski definition) is 6. The van der Waals surface area contributed by atoms with E-state index in [0.29, 0.717) is 36.3 Å². The summed E-state index contributed by atoms with van der Waals surface area (Å²) in [5.74, 6) is 7.59. The third kappa shape index (κ3) is 6.05. The third-order valence-corrected chi connectivity index (χ3v) is 6.44. The van der Waals surface area contributed by atoms with Gasteiger partial charge in [0.05, 0.1) is 25.4 Å². The minimum Gasteiger partial charge on any atom is -0.497 e. The summed E-state index contributed by atoms with van der Waals surface area (Å²) in [5, 5.41) is 3.65. The second-order valence-electron chi connectivity index (χ2n) is 8.37. The van der Waals surface area contributed by atoms with Crippen LogP contribution in [0.5, 0.6) is 11.5 Å². The summed E-state index contributed by atoms with van der Waals surface area (Å²) < 4.78 is 11.0. The molecule has 1 aromatic heterocycles. The molecule has 0 aliphatic carbocycles. The average Bonchev–Trinajstić information content (AvgIpc) is 2.96. The normalized spacial score (nSPS) is 10.8. The lowest BCUT2D eigenvalue weighted by Gasteiger charge is -2.27. The molecular formula is C28H29Cl2N5O3. The molecule has 4 rings (SSSR count). The Bertz CT molecular complexity index is 1430. The van der Waals surface area contributed by atoms with Gasteiger partial charge in [0.2, 0.25) is 0 Å². The van der Waals surface area contributed by atoms with E-state index in [2.05, 4.69) is 15.6 Å². The first-order chi connectivity index (χ1) is 18.5. The summed E-state index contributed by atoms with van der Waals surface area (Å²) in [7, 11) is 3.26. The number of hydrogen-bond donors (Lipinski definition) is 3. The third-order valence-electron chi connectivity index (χ3n) is 6.11. The summed E-state index contributed by atoms with van der Waals surface area (Å²) in [6.45, 7) is 1.18. The van der Waals surface area contributed by atoms with E-state index in [9.17, 15) is 4.79 Å². The van der Waals surface area contributed by atoms with Crippen molar-refractivity contribution in [2.24, 2.45) is 5.84 Å². The van der Waals surface area contributed by atoms with Crippen LogP contribution in [-0.2, 0) is 0 Å². The largest absolute Gasteiger partial charge is 0.497 e. The molecule has 0 saturated heterocycles. The molecule has 0 unspecified atom stereocenters. The number of alkyl halides is 2. The van der Waals surface area contributed by atoms with Gasteiger partial charge < -0.3 is 19.7 Å². The van der Waals surface area contributed by atoms with Crippen LogP contribution < -0.4 is 31.0 Å². The number of anilines is 2. The molecule has 8 nitrogen and oxygen atoms in total. The number of methoxy groups -OCH3 is 2. The summed E-state index contributed by atoms with van der Waals surface area (Å²) >= 11 is 12.3. The highest BCUT2D eigenvalue weighted by Gasteiger charge is 2.18. The van der Waals surface area contributed by atoms with Crippen molar-refractivity contribution in [3.05, 3.63) is 66.7 Å². The lowest BCUT2D eigenvalue weighted by molar-refractivity contribution is 0.252. The number of halogens is 2. The Balaban J connectivity index is 2.02. The van der Waals surface area contributed by atoms with E-state index >= 15 is 0 Å². The van der Waals surface area contributed by atoms with Gasteiger partial charge >= 0.3 is 6.03 Å². The maximum absolute atomic E-state index is 12.0. The minimum absolute atomic E-state index is 0.423. The van der Waals surface area contributed by atoms with Gasteiger partial charge in [-0.3, -0.25) is 5.43 Å². The van der Waals surface area contributed by atoms with E-state index in [4.69, 9.17) is 43.5 Å². The Kier molecular flexibility index (Phi) is 9.12. The van der Waals surface area contributed by atoms with Gasteiger partial charge in [-0.25, -0.2) is 15.6 Å². The molecule has 3 aromatic carbocycles. The minimum atomic E-state index is -0.527. The Morgan fingerprint density at radius 3 is 2.34 bits per heavy atom. The fraction of sp³-hybridized carbons (Fsp3) is 0.214. The predicted octanol–water partition coefficient (Wildman–Crippen LogP) is 5.87. The molecule has 38 heavy (non-hydrogen) atoms. The van der Waals surface area contributed by atoms with E-state index in [1.54, 1.807) is 14.2 Å². The lowest BCUT2D eigenvalue weighted by atomic mass is 9.95. The predicted molar refractivity (Wildman–Crippen MR) is 156 cm³/mol. The highest BCUT2D eigenvalue weighted by molar-refractivity contribution is 6.18. The fourth-order valence-corrected chi connectivity index (χ4v) is 4.72. The Hall–Kier alpha value is -3.72. The molecule has 0 fully saturated rings. The molecule has 2 amide bonds. The molecule has 0 aliphatic rings. The maximum atomic E-state index is 12.0. The van der Waals surface area contributed by atoms with Gasteiger partial charge in [0.15, 0.2) is 0 Å². The number of amides is 2. The van der Waals surface area contributed by atoms with Gasteiger partial charge in [-0.05, 0) is 60.2 Å². The van der Waals surface area contributed by atoms with Crippen molar-refractivity contribution in [1.82, 2.24) is 10.4 Å². The van der Waals surface area contributed by atoms with Crippen LogP contribution in [0.1, 0.15) is 0 Å². The molecule has 0 aliphatic heterocycles. The zero-order valence-corrected chi connectivity index (χ0v) is 22.6. The Morgan fingerprint density at radius 2 is 1.66 bits per heavy atom. The number of fused-ring (bicyclic) bond motifs is 1. The number of aromatic nitrogens is 1. The van der Waals surface area contributed by atoms with Crippen molar-refractivity contribution in [3.8, 4) is 33.9 Å². The number of pyridine rings is 1. The lowest BCUT2D eigenvalue weighted by Crippen LogP contribution is -2.34. The van der Waals surface area contributed by atoms with Crippen LogP contribution in [0.4, 0.5) is 16.2 Å². The Labute approximate surface area is 231 Å². The van der Waals surface area contributed by atoms with Crippen LogP contribution in [0.25, 0.3) is 33.3 Å². The Morgan fingerprint density at radius 1 is 0.921 bits per heavy atom. The van der Waals surface area contributed by atoms with Crippen molar-refractivity contribution in [2.75, 3.05) is 49.3 Å². The molecular weight excluding hydrogens is 525 g/mol. The molecule has 10 heteroatoms. The highest BCUT2D eigenvalue weighted by Crippen LogP contribution is 2.40. The van der Waals surface area contributed by atoms with Crippen LogP contribution in [0.15, 0.2) is 66.7 Å². The van der Waals surface area contributed by atoms with Gasteiger partial charge in [-0.15, -0.1) is 23.2 Å². The zero-order chi connectivity index (χ0) is 27.1. The second-order valence-corrected chi connectivity index (χ2v) is 9.12. The van der Waals surface area contributed by atoms with Crippen LogP contribution >= 0.6 is 23.2 Å². The molecule has 0 bridgehead atoms. The van der Waals surface area contributed by atoms with Crippen molar-refractivity contribution in [2.45, 2.75) is 0 Å². The standard InChI is InChI=1S/C28H29Cl2N5O3/c1-37-20-5-3-4-18(14-20)26-17-22(23-16-21(38-2)7-8-25(23)33-26)24-15-19(32-28(36)34-31)6-9-27(24)35(12-10-29)13-11-30/h3-9,14-17H,10-13,31H2,1-2H3,(H2,32,34,36). The molecule has 4 aromatic rings. The number of nitrogens with two attached hydrogens (primary N) is 1. The van der Waals surface area contributed by atoms with Gasteiger partial charge in [0, 0.05) is 52.7 Å². The monoisotopic (exact) mass is 553 g/mol. The van der Waals surface area contributed by atoms with E-state index in [1.807, 2.05) is 66.7 Å². The topological polar surface area (TPSA) is 102 Å². The number of nitrogens with one attached hydrogen (secondary N) is 2. The van der Waals surface area contributed by atoms with Crippen LogP contribution in [0.3, 0.4) is 0 Å². The average molecular weight is 554 g/mol. The number of hydrazine groups is 1. The first-order valence-electron chi connectivity index (χ1n) is 11.9. The van der Waals surface area contributed by atoms with E-state index in [0.717, 1.165) is 44.7 Å². The molecule has 0 radical (unpaired) electrons. The number of urea groups is 1. The first-order valence-corrected chi connectivity index (χ1v) is 13.0. The van der Waals surface area contributed by atoms with E-state index in [1.165, 1.54) is 0 Å². The number of carbonyl (C=O) groups is 1. The number of rotatable bonds is 10. The van der Waals surface area contributed by atoms with Crippen molar-refractivity contribution in [1.29, 1.82) is 0 Å². The number of nitrogens with zero attached hydrogens (tertiary/aromatic N) is 2. The molecule has 0 spiro atoms. The molecule has 198 valence electrons. The number of carbonyl (C=O) groups excluding carboxylic acids is 1. The highest BCUT2D eigenvalue weighted by atomic mass is 35.5. The molecule has 0 saturated carbocycles. The van der Waals surface area contributed by atoms with E-state index in [-0.39, 0.29) is 0 Å². The first kappa shape index (κ1) is 27.3. The zero-order valence-electron chi connectivity index (χ0n) is 21.1. The summed E-state index contributed by atoms with van der Waals surface area (Å²) in [4.78, 5) is 19.1. The van der Waals surface area contributed by atoms with E-state index < -0.39 is 6.03 Å². The van der Waals surface area contributed by atoms with Crippen LogP contribution in [0, 0.1) is 0 Å². The van der Waals surface area contributed by atoms with Gasteiger partial charge in [-0.2, -0.15) is 0 Å². The number of ether oxygens (including phenoxy) is 2. The number of benzene rings is 3. The van der Waals surface area contributed by atoms with Crippen LogP contribution in [0.2, 0.25) is 0 Å². The van der Waals surface area contributed by atoms with Gasteiger partial charge in [0.25, 0.3) is 0 Å². The fourth-order valence-electron chi connectivity index (χ4n) is 4.31. The van der Waals surface area contributed by atoms with Crippen molar-refractivity contribution >= 4 is 51.5 Å². The summed E-state index contributed by atoms with van der Waals surface area (Å²) in [5.41, 5.74) is 7.79. The van der Waals surface area contributed by atoms with Crippen molar-refractivity contribution < 1.29 is 14.3 Å². The quantitative estimate of drug-likeness (QED) is 0.0982. The van der Waals surface area contributed by atoms with Gasteiger partial charge in [-0.1, -0.05) is 12.1 Å². The second kappa shape index (κ2) is 12.7.